The third-order valence-electron chi connectivity index (χ3n) is 4.47. The van der Waals surface area contributed by atoms with Crippen LogP contribution in [0.2, 0.25) is 0 Å². The molecule has 2 heteroatoms. The molecular weight excluding hydrogens is 284 g/mol. The molecule has 0 amide bonds. The van der Waals surface area contributed by atoms with E-state index in [1.165, 1.54) is 0 Å². The van der Waals surface area contributed by atoms with Gasteiger partial charge in [0.1, 0.15) is 5.60 Å². The molecule has 0 saturated heterocycles. The summed E-state index contributed by atoms with van der Waals surface area (Å²) in [5.74, 6) is 1.08. The van der Waals surface area contributed by atoms with Crippen molar-refractivity contribution in [1.82, 2.24) is 0 Å². The first-order chi connectivity index (χ1) is 11.3. The second kappa shape index (κ2) is 7.47. The summed E-state index contributed by atoms with van der Waals surface area (Å²) in [5, 5.41) is 11.4. The van der Waals surface area contributed by atoms with Gasteiger partial charge >= 0.3 is 0 Å². The molecule has 1 N–H and O–H groups in total. The van der Waals surface area contributed by atoms with Gasteiger partial charge in [0.15, 0.2) is 0 Å². The van der Waals surface area contributed by atoms with Gasteiger partial charge < -0.3 is 9.84 Å². The number of benzene rings is 2. The molecule has 2 aromatic rings. The molecule has 1 aliphatic heterocycles. The Labute approximate surface area is 138 Å². The van der Waals surface area contributed by atoms with Gasteiger partial charge in [0.25, 0.3) is 0 Å². The van der Waals surface area contributed by atoms with Gasteiger partial charge in [-0.2, -0.15) is 0 Å². The zero-order chi connectivity index (χ0) is 16.0. The third-order valence-corrected chi connectivity index (χ3v) is 4.47. The minimum atomic E-state index is -0.947. The number of ether oxygens (including phenoxy) is 1. The highest BCUT2D eigenvalue weighted by molar-refractivity contribution is 5.35. The molecule has 0 spiro atoms. The van der Waals surface area contributed by atoms with Crippen molar-refractivity contribution in [2.24, 2.45) is 0 Å². The Bertz CT molecular complexity index is 592. The van der Waals surface area contributed by atoms with E-state index in [1.54, 1.807) is 0 Å². The summed E-state index contributed by atoms with van der Waals surface area (Å²) < 4.78 is 5.68. The average Bonchev–Trinajstić information content (AvgIpc) is 2.64. The topological polar surface area (TPSA) is 29.5 Å². The maximum atomic E-state index is 11.4. The molecule has 0 fully saturated rings. The van der Waals surface area contributed by atoms with E-state index in [2.05, 4.69) is 6.08 Å². The Morgan fingerprint density at radius 1 is 0.913 bits per heavy atom. The van der Waals surface area contributed by atoms with E-state index in [9.17, 15) is 5.11 Å². The Balaban J connectivity index is 1.77. The van der Waals surface area contributed by atoms with Crippen LogP contribution in [0.3, 0.4) is 0 Å². The second-order valence-corrected chi connectivity index (χ2v) is 6.11. The van der Waals surface area contributed by atoms with Gasteiger partial charge in [0, 0.05) is 6.42 Å². The van der Waals surface area contributed by atoms with Crippen molar-refractivity contribution < 1.29 is 9.84 Å². The molecule has 23 heavy (non-hydrogen) atoms. The Hall–Kier alpha value is -2.06. The molecule has 0 aliphatic carbocycles. The summed E-state index contributed by atoms with van der Waals surface area (Å²) >= 11 is 0. The number of hydrogen-bond donors (Lipinski definition) is 1. The van der Waals surface area contributed by atoms with Crippen molar-refractivity contribution in [3.63, 3.8) is 0 Å². The molecule has 1 heterocycles. The van der Waals surface area contributed by atoms with Gasteiger partial charge in [0.2, 0.25) is 0 Å². The van der Waals surface area contributed by atoms with Crippen LogP contribution in [0.5, 0.6) is 0 Å². The van der Waals surface area contributed by atoms with Crippen LogP contribution in [0.1, 0.15) is 43.2 Å². The summed E-state index contributed by atoms with van der Waals surface area (Å²) in [6.07, 6.45) is 6.88. The van der Waals surface area contributed by atoms with E-state index in [1.807, 2.05) is 60.7 Å². The summed E-state index contributed by atoms with van der Waals surface area (Å²) in [6.45, 7) is 0.827. The van der Waals surface area contributed by atoms with Crippen LogP contribution < -0.4 is 0 Å². The number of allylic oxidation sites excluding steroid dienone is 2. The van der Waals surface area contributed by atoms with Gasteiger partial charge in [0.05, 0.1) is 12.4 Å². The SMILES string of the molecule is OC(CCCC1=CCCCO1)(c1ccccc1)c1ccccc1. The van der Waals surface area contributed by atoms with Crippen molar-refractivity contribution >= 4 is 0 Å². The number of hydrogen-bond acceptors (Lipinski definition) is 2. The van der Waals surface area contributed by atoms with E-state index in [0.29, 0.717) is 6.42 Å². The predicted molar refractivity (Wildman–Crippen MR) is 93.0 cm³/mol. The molecule has 0 aromatic heterocycles. The monoisotopic (exact) mass is 308 g/mol. The van der Waals surface area contributed by atoms with Gasteiger partial charge in [-0.1, -0.05) is 60.7 Å². The van der Waals surface area contributed by atoms with Crippen LogP contribution in [0, 0.1) is 0 Å². The van der Waals surface area contributed by atoms with E-state index in [4.69, 9.17) is 4.74 Å². The fourth-order valence-electron chi connectivity index (χ4n) is 3.18. The Kier molecular flexibility index (Phi) is 5.14. The lowest BCUT2D eigenvalue weighted by molar-refractivity contribution is 0.0666. The van der Waals surface area contributed by atoms with E-state index < -0.39 is 5.60 Å². The first-order valence-electron chi connectivity index (χ1n) is 8.44. The molecule has 0 atom stereocenters. The zero-order valence-corrected chi connectivity index (χ0v) is 13.4. The fourth-order valence-corrected chi connectivity index (χ4v) is 3.18. The minimum Gasteiger partial charge on any atom is -0.498 e. The van der Waals surface area contributed by atoms with Crippen LogP contribution in [0.4, 0.5) is 0 Å². The highest BCUT2D eigenvalue weighted by Crippen LogP contribution is 2.35. The van der Waals surface area contributed by atoms with Crippen molar-refractivity contribution in [3.05, 3.63) is 83.6 Å². The van der Waals surface area contributed by atoms with Crippen LogP contribution in [0.15, 0.2) is 72.5 Å². The molecule has 0 radical (unpaired) electrons. The molecule has 3 rings (SSSR count). The summed E-state index contributed by atoms with van der Waals surface area (Å²) in [7, 11) is 0. The van der Waals surface area contributed by atoms with Crippen LogP contribution in [-0.4, -0.2) is 11.7 Å². The molecule has 0 bridgehead atoms. The summed E-state index contributed by atoms with van der Waals surface area (Å²) in [5.41, 5.74) is 0.951. The van der Waals surface area contributed by atoms with Crippen LogP contribution in [0.25, 0.3) is 0 Å². The van der Waals surface area contributed by atoms with Gasteiger partial charge in [-0.3, -0.25) is 0 Å². The maximum Gasteiger partial charge on any atom is 0.115 e. The molecule has 120 valence electrons. The van der Waals surface area contributed by atoms with Crippen molar-refractivity contribution in [3.8, 4) is 0 Å². The fraction of sp³-hybridized carbons (Fsp3) is 0.333. The Morgan fingerprint density at radius 3 is 2.04 bits per heavy atom. The highest BCUT2D eigenvalue weighted by atomic mass is 16.5. The standard InChI is InChI=1S/C21H24O2/c22-21(18-10-3-1-4-11-18,19-12-5-2-6-13-19)16-9-15-20-14-7-8-17-23-20/h1-6,10-14,22H,7-9,15-17H2. The van der Waals surface area contributed by atoms with Gasteiger partial charge in [-0.15, -0.1) is 0 Å². The minimum absolute atomic E-state index is 0.682. The molecular formula is C21H24O2. The molecule has 2 nitrogen and oxygen atoms in total. The van der Waals surface area contributed by atoms with Crippen molar-refractivity contribution in [2.75, 3.05) is 6.61 Å². The molecule has 1 aliphatic rings. The zero-order valence-electron chi connectivity index (χ0n) is 13.4. The quantitative estimate of drug-likeness (QED) is 0.831. The van der Waals surface area contributed by atoms with Crippen molar-refractivity contribution in [1.29, 1.82) is 0 Å². The van der Waals surface area contributed by atoms with Crippen LogP contribution >= 0.6 is 0 Å². The number of aliphatic hydroxyl groups is 1. The van der Waals surface area contributed by atoms with E-state index in [0.717, 1.165) is 49.2 Å². The normalized spacial score (nSPS) is 14.9. The summed E-state index contributed by atoms with van der Waals surface area (Å²) in [6, 6.07) is 19.9. The average molecular weight is 308 g/mol. The first-order valence-corrected chi connectivity index (χ1v) is 8.44. The first kappa shape index (κ1) is 15.8. The van der Waals surface area contributed by atoms with E-state index >= 15 is 0 Å². The summed E-state index contributed by atoms with van der Waals surface area (Å²) in [4.78, 5) is 0. The Morgan fingerprint density at radius 2 is 1.52 bits per heavy atom. The lowest BCUT2D eigenvalue weighted by Crippen LogP contribution is -2.27. The molecule has 2 aromatic carbocycles. The van der Waals surface area contributed by atoms with Crippen LogP contribution in [-0.2, 0) is 10.3 Å². The second-order valence-electron chi connectivity index (χ2n) is 6.11. The lowest BCUT2D eigenvalue weighted by atomic mass is 9.82. The smallest absolute Gasteiger partial charge is 0.115 e. The molecule has 0 unspecified atom stereocenters. The maximum absolute atomic E-state index is 11.4. The highest BCUT2D eigenvalue weighted by Gasteiger charge is 2.30. The largest absolute Gasteiger partial charge is 0.498 e. The predicted octanol–water partition coefficient (Wildman–Crippen LogP) is 4.79. The van der Waals surface area contributed by atoms with E-state index in [-0.39, 0.29) is 0 Å². The number of rotatable bonds is 6. The molecule has 0 saturated carbocycles. The third kappa shape index (κ3) is 3.83. The van der Waals surface area contributed by atoms with Crippen molar-refractivity contribution in [2.45, 2.75) is 37.7 Å². The van der Waals surface area contributed by atoms with Gasteiger partial charge in [-0.25, -0.2) is 0 Å². The van der Waals surface area contributed by atoms with Gasteiger partial charge in [-0.05, 0) is 42.9 Å². The lowest BCUT2D eigenvalue weighted by Gasteiger charge is -2.30.